The van der Waals surface area contributed by atoms with Crippen LogP contribution in [-0.2, 0) is 26.7 Å². The highest BCUT2D eigenvalue weighted by molar-refractivity contribution is 7.91. The van der Waals surface area contributed by atoms with Gasteiger partial charge in [-0.2, -0.15) is 0 Å². The molecule has 1 heterocycles. The molecule has 0 aromatic heterocycles. The van der Waals surface area contributed by atoms with Crippen LogP contribution in [0, 0.1) is 13.8 Å². The Bertz CT molecular complexity index is 1150. The van der Waals surface area contributed by atoms with E-state index in [2.05, 4.69) is 51.7 Å². The number of ketones is 1. The van der Waals surface area contributed by atoms with Crippen LogP contribution in [0.25, 0.3) is 0 Å². The topological polar surface area (TPSA) is 63.7 Å². The van der Waals surface area contributed by atoms with E-state index in [1.807, 2.05) is 0 Å². The molecule has 1 aliphatic heterocycles. The van der Waals surface area contributed by atoms with Crippen LogP contribution in [0.5, 0.6) is 0 Å². The highest BCUT2D eigenvalue weighted by Crippen LogP contribution is 2.31. The number of hydrogen-bond donors (Lipinski definition) is 0. The van der Waals surface area contributed by atoms with Gasteiger partial charge in [-0.15, -0.1) is 0 Å². The van der Waals surface area contributed by atoms with Crippen molar-refractivity contribution in [1.82, 2.24) is 0 Å². The summed E-state index contributed by atoms with van der Waals surface area (Å²) < 4.78 is 30.1. The zero-order valence-electron chi connectivity index (χ0n) is 21.8. The molecule has 1 aliphatic rings. The van der Waals surface area contributed by atoms with E-state index < -0.39 is 14.6 Å². The van der Waals surface area contributed by atoms with Crippen molar-refractivity contribution in [1.29, 1.82) is 0 Å². The van der Waals surface area contributed by atoms with Crippen LogP contribution in [0.1, 0.15) is 74.2 Å². The number of carbonyl (C=O) groups is 1. The number of benzene rings is 2. The summed E-state index contributed by atoms with van der Waals surface area (Å²) >= 11 is 0. The highest BCUT2D eigenvalue weighted by Gasteiger charge is 2.31. The molecule has 0 aliphatic carbocycles. The van der Waals surface area contributed by atoms with E-state index in [0.717, 1.165) is 17.7 Å². The Morgan fingerprint density at radius 3 is 2.21 bits per heavy atom. The first-order valence-corrected chi connectivity index (χ1v) is 13.7. The van der Waals surface area contributed by atoms with Crippen molar-refractivity contribution in [2.45, 2.75) is 90.6 Å². The molecule has 0 saturated carbocycles. The van der Waals surface area contributed by atoms with E-state index in [0.29, 0.717) is 17.5 Å². The molecule has 1 unspecified atom stereocenters. The molecule has 34 heavy (non-hydrogen) atoms. The number of nitrogens with zero attached hydrogens (tertiary/aromatic N) is 1. The van der Waals surface area contributed by atoms with Gasteiger partial charge in [0.05, 0.1) is 28.7 Å². The van der Waals surface area contributed by atoms with E-state index in [9.17, 15) is 13.2 Å². The van der Waals surface area contributed by atoms with Gasteiger partial charge in [0.25, 0.3) is 0 Å². The first-order valence-electron chi connectivity index (χ1n) is 12.1. The summed E-state index contributed by atoms with van der Waals surface area (Å²) in [6.07, 6.45) is 0.650. The lowest BCUT2D eigenvalue weighted by Gasteiger charge is -2.43. The van der Waals surface area contributed by atoms with Crippen molar-refractivity contribution < 1.29 is 17.9 Å². The van der Waals surface area contributed by atoms with Crippen LogP contribution in [0.2, 0.25) is 0 Å². The predicted octanol–water partition coefficient (Wildman–Crippen LogP) is 5.44. The fourth-order valence-corrected chi connectivity index (χ4v) is 5.46. The molecule has 0 N–H and O–H groups in total. The minimum atomic E-state index is -3.26. The fourth-order valence-electron chi connectivity index (χ4n) is 4.40. The van der Waals surface area contributed by atoms with Crippen LogP contribution >= 0.6 is 0 Å². The van der Waals surface area contributed by atoms with Crippen molar-refractivity contribution in [3.8, 4) is 0 Å². The number of sulfone groups is 1. The van der Waals surface area contributed by atoms with Gasteiger partial charge in [0.15, 0.2) is 15.6 Å². The molecule has 2 aromatic rings. The summed E-state index contributed by atoms with van der Waals surface area (Å²) in [6, 6.07) is 11.5. The zero-order chi connectivity index (χ0) is 25.4. The van der Waals surface area contributed by atoms with E-state index in [1.54, 1.807) is 45.0 Å². The molecule has 0 bridgehead atoms. The summed E-state index contributed by atoms with van der Waals surface area (Å²) in [5.74, 6) is 0.00420. The lowest BCUT2D eigenvalue weighted by atomic mass is 9.94. The Balaban J connectivity index is 1.76. The Kier molecular flexibility index (Phi) is 7.63. The van der Waals surface area contributed by atoms with E-state index >= 15 is 0 Å². The van der Waals surface area contributed by atoms with Gasteiger partial charge in [-0.25, -0.2) is 8.42 Å². The third-order valence-electron chi connectivity index (χ3n) is 7.17. The Morgan fingerprint density at radius 2 is 1.62 bits per heavy atom. The normalized spacial score (nSPS) is 21.5. The molecule has 0 amide bonds. The SMILES string of the molecule is Cc1c(CC(=O)c2ccc(CS(=O)(=O)C(C)(C)C)cc2)ccc(N2C[C@H](C)O[C@H](C)C2C)c1C. The van der Waals surface area contributed by atoms with Gasteiger partial charge >= 0.3 is 0 Å². The zero-order valence-corrected chi connectivity index (χ0v) is 22.6. The number of ether oxygens (including phenoxy) is 1. The summed E-state index contributed by atoms with van der Waals surface area (Å²) in [4.78, 5) is 15.4. The van der Waals surface area contributed by atoms with Crippen molar-refractivity contribution in [2.24, 2.45) is 0 Å². The maximum absolute atomic E-state index is 13.0. The molecule has 186 valence electrons. The number of morpholine rings is 1. The third-order valence-corrected chi connectivity index (χ3v) is 9.75. The van der Waals surface area contributed by atoms with E-state index in [4.69, 9.17) is 4.74 Å². The standard InChI is InChI=1S/C28H39NO4S/c1-18-16-29(21(4)22(5)33-18)26-14-13-25(19(2)20(26)3)15-27(30)24-11-9-23(10-12-24)17-34(31,32)28(6,7)8/h9-14,18,21-22H,15-17H2,1-8H3/t18-,21?,22+/m0/s1. The molecule has 1 fully saturated rings. The lowest BCUT2D eigenvalue weighted by molar-refractivity contribution is -0.0258. The minimum Gasteiger partial charge on any atom is -0.372 e. The first kappa shape index (κ1) is 26.4. The molecule has 0 radical (unpaired) electrons. The summed E-state index contributed by atoms with van der Waals surface area (Å²) in [7, 11) is -3.26. The molecule has 0 spiro atoms. The molecular weight excluding hydrogens is 446 g/mol. The van der Waals surface area contributed by atoms with Gasteiger partial charge in [-0.05, 0) is 83.7 Å². The van der Waals surface area contributed by atoms with Crippen LogP contribution in [0.15, 0.2) is 36.4 Å². The number of anilines is 1. The van der Waals surface area contributed by atoms with Crippen molar-refractivity contribution in [3.63, 3.8) is 0 Å². The minimum absolute atomic E-state index is 0.0259. The molecule has 6 heteroatoms. The van der Waals surface area contributed by atoms with Gasteiger partial charge < -0.3 is 9.64 Å². The third kappa shape index (κ3) is 5.55. The average molecular weight is 486 g/mol. The van der Waals surface area contributed by atoms with Crippen LogP contribution in [0.3, 0.4) is 0 Å². The predicted molar refractivity (Wildman–Crippen MR) is 140 cm³/mol. The Labute approximate surface area is 205 Å². The second-order valence-corrected chi connectivity index (χ2v) is 13.4. The summed E-state index contributed by atoms with van der Waals surface area (Å²) in [6.45, 7) is 16.6. The number of hydrogen-bond acceptors (Lipinski definition) is 5. The summed E-state index contributed by atoms with van der Waals surface area (Å²) in [5.41, 5.74) is 5.85. The molecular formula is C28H39NO4S. The maximum atomic E-state index is 13.0. The van der Waals surface area contributed by atoms with Gasteiger partial charge in [-0.3, -0.25) is 4.79 Å². The molecule has 5 nitrogen and oxygen atoms in total. The molecule has 3 atom stereocenters. The smallest absolute Gasteiger partial charge is 0.167 e. The van der Waals surface area contributed by atoms with Crippen LogP contribution < -0.4 is 4.90 Å². The monoisotopic (exact) mass is 485 g/mol. The van der Waals surface area contributed by atoms with Gasteiger partial charge in [0.1, 0.15) is 0 Å². The van der Waals surface area contributed by atoms with Crippen molar-refractivity contribution in [2.75, 3.05) is 11.4 Å². The van der Waals surface area contributed by atoms with Crippen LogP contribution in [0.4, 0.5) is 5.69 Å². The molecule has 3 rings (SSSR count). The van der Waals surface area contributed by atoms with Crippen molar-refractivity contribution >= 4 is 21.3 Å². The second kappa shape index (κ2) is 9.82. The van der Waals surface area contributed by atoms with Gasteiger partial charge in [0.2, 0.25) is 0 Å². The van der Waals surface area contributed by atoms with Gasteiger partial charge in [-0.1, -0.05) is 30.3 Å². The second-order valence-electron chi connectivity index (χ2n) is 10.7. The number of Topliss-reactive ketones (excluding diaryl/α,β-unsaturated/α-hetero) is 1. The lowest BCUT2D eigenvalue weighted by Crippen LogP contribution is -2.52. The molecule has 1 saturated heterocycles. The fraction of sp³-hybridized carbons (Fsp3) is 0.536. The quantitative estimate of drug-likeness (QED) is 0.510. The van der Waals surface area contributed by atoms with E-state index in [1.165, 1.54) is 11.3 Å². The van der Waals surface area contributed by atoms with Crippen molar-refractivity contribution in [3.05, 3.63) is 64.2 Å². The van der Waals surface area contributed by atoms with E-state index in [-0.39, 0.29) is 29.8 Å². The first-order chi connectivity index (χ1) is 15.7. The average Bonchev–Trinajstić information content (AvgIpc) is 2.74. The largest absolute Gasteiger partial charge is 0.372 e. The Morgan fingerprint density at radius 1 is 1.00 bits per heavy atom. The summed E-state index contributed by atoms with van der Waals surface area (Å²) in [5, 5.41) is 0. The van der Waals surface area contributed by atoms with Crippen LogP contribution in [-0.4, -0.2) is 43.7 Å². The Hall–Kier alpha value is -2.18. The molecule has 2 aromatic carbocycles. The number of rotatable bonds is 6. The maximum Gasteiger partial charge on any atom is 0.167 e. The van der Waals surface area contributed by atoms with Gasteiger partial charge in [0, 0.05) is 24.2 Å². The number of carbonyl (C=O) groups excluding carboxylic acids is 1. The highest BCUT2D eigenvalue weighted by atomic mass is 32.2.